The first-order chi connectivity index (χ1) is 8.74. The number of ether oxygens (including phenoxy) is 1. The van der Waals surface area contributed by atoms with Crippen molar-refractivity contribution in [3.05, 3.63) is 24.3 Å². The molecule has 2 atom stereocenters. The largest absolute Gasteiger partial charge is 0.458 e. The number of hydrogen-bond acceptors (Lipinski definition) is 2. The highest BCUT2D eigenvalue weighted by Crippen LogP contribution is 2.45. The first kappa shape index (κ1) is 16.0. The SMILES string of the molecule is C=C(CCC1C(=C)CCCC1(C)C)C(C)OC(C)=O. The minimum Gasteiger partial charge on any atom is -0.458 e. The van der Waals surface area contributed by atoms with Crippen LogP contribution in [0.2, 0.25) is 0 Å². The summed E-state index contributed by atoms with van der Waals surface area (Å²) in [6.45, 7) is 16.3. The Balaban J connectivity index is 2.52. The zero-order chi connectivity index (χ0) is 14.6. The van der Waals surface area contributed by atoms with E-state index in [0.29, 0.717) is 11.3 Å². The monoisotopic (exact) mass is 264 g/mol. The molecule has 1 aliphatic carbocycles. The van der Waals surface area contributed by atoms with Crippen LogP contribution >= 0.6 is 0 Å². The van der Waals surface area contributed by atoms with Crippen LogP contribution in [-0.4, -0.2) is 12.1 Å². The topological polar surface area (TPSA) is 26.3 Å². The Morgan fingerprint density at radius 1 is 1.53 bits per heavy atom. The van der Waals surface area contributed by atoms with Gasteiger partial charge < -0.3 is 4.74 Å². The predicted octanol–water partition coefficient (Wildman–Crippen LogP) is 4.66. The van der Waals surface area contributed by atoms with Crippen molar-refractivity contribution >= 4 is 5.97 Å². The molecule has 1 aliphatic rings. The van der Waals surface area contributed by atoms with Crippen molar-refractivity contribution in [3.63, 3.8) is 0 Å². The molecule has 0 amide bonds. The summed E-state index contributed by atoms with van der Waals surface area (Å²) in [6, 6.07) is 0. The number of rotatable bonds is 5. The Labute approximate surface area is 117 Å². The van der Waals surface area contributed by atoms with Gasteiger partial charge in [-0.1, -0.05) is 32.6 Å². The average molecular weight is 264 g/mol. The summed E-state index contributed by atoms with van der Waals surface area (Å²) in [4.78, 5) is 10.9. The number of hydrogen-bond donors (Lipinski definition) is 0. The summed E-state index contributed by atoms with van der Waals surface area (Å²) in [5, 5.41) is 0. The molecule has 1 rings (SSSR count). The van der Waals surface area contributed by atoms with E-state index in [0.717, 1.165) is 24.8 Å². The minimum absolute atomic E-state index is 0.183. The Kier molecular flexibility index (Phi) is 5.39. The van der Waals surface area contributed by atoms with Gasteiger partial charge in [0.05, 0.1) is 0 Å². The van der Waals surface area contributed by atoms with Gasteiger partial charge >= 0.3 is 5.97 Å². The van der Waals surface area contributed by atoms with Crippen molar-refractivity contribution < 1.29 is 9.53 Å². The van der Waals surface area contributed by atoms with Crippen molar-refractivity contribution in [1.29, 1.82) is 0 Å². The zero-order valence-electron chi connectivity index (χ0n) is 12.9. The second kappa shape index (κ2) is 6.40. The van der Waals surface area contributed by atoms with Crippen LogP contribution in [-0.2, 0) is 9.53 Å². The van der Waals surface area contributed by atoms with Gasteiger partial charge in [-0.05, 0) is 55.9 Å². The van der Waals surface area contributed by atoms with Gasteiger partial charge in [0.2, 0.25) is 0 Å². The molecule has 1 fully saturated rings. The van der Waals surface area contributed by atoms with Gasteiger partial charge in [-0.25, -0.2) is 0 Å². The van der Waals surface area contributed by atoms with Gasteiger partial charge in [0.15, 0.2) is 0 Å². The van der Waals surface area contributed by atoms with Gasteiger partial charge in [-0.2, -0.15) is 0 Å². The summed E-state index contributed by atoms with van der Waals surface area (Å²) in [5.74, 6) is 0.318. The fraction of sp³-hybridized carbons (Fsp3) is 0.706. The lowest BCUT2D eigenvalue weighted by Crippen LogP contribution is -2.29. The Hall–Kier alpha value is -1.05. The van der Waals surface area contributed by atoms with Gasteiger partial charge in [-0.15, -0.1) is 0 Å². The number of carbonyl (C=O) groups excluding carboxylic acids is 1. The van der Waals surface area contributed by atoms with Crippen molar-refractivity contribution in [3.8, 4) is 0 Å². The molecular weight excluding hydrogens is 236 g/mol. The van der Waals surface area contributed by atoms with Crippen molar-refractivity contribution in [2.24, 2.45) is 11.3 Å². The fourth-order valence-electron chi connectivity index (χ4n) is 3.13. The van der Waals surface area contributed by atoms with Gasteiger partial charge in [0.25, 0.3) is 0 Å². The van der Waals surface area contributed by atoms with E-state index >= 15 is 0 Å². The summed E-state index contributed by atoms with van der Waals surface area (Å²) in [7, 11) is 0. The molecule has 0 saturated heterocycles. The molecule has 0 bridgehead atoms. The summed E-state index contributed by atoms with van der Waals surface area (Å²) in [6.07, 6.45) is 5.46. The highest BCUT2D eigenvalue weighted by molar-refractivity contribution is 5.66. The van der Waals surface area contributed by atoms with Crippen LogP contribution < -0.4 is 0 Å². The molecule has 0 aromatic heterocycles. The smallest absolute Gasteiger partial charge is 0.303 e. The molecule has 0 aliphatic heterocycles. The molecule has 108 valence electrons. The summed E-state index contributed by atoms with van der Waals surface area (Å²) >= 11 is 0. The third-order valence-corrected chi connectivity index (χ3v) is 4.43. The molecule has 2 nitrogen and oxygen atoms in total. The molecule has 0 N–H and O–H groups in total. The molecule has 0 aromatic carbocycles. The predicted molar refractivity (Wildman–Crippen MR) is 79.9 cm³/mol. The number of esters is 1. The third kappa shape index (κ3) is 4.52. The highest BCUT2D eigenvalue weighted by Gasteiger charge is 2.34. The van der Waals surface area contributed by atoms with E-state index in [1.807, 2.05) is 6.92 Å². The second-order valence-corrected chi connectivity index (χ2v) is 6.50. The second-order valence-electron chi connectivity index (χ2n) is 6.50. The van der Waals surface area contributed by atoms with Gasteiger partial charge in [-0.3, -0.25) is 4.79 Å². The quantitative estimate of drug-likeness (QED) is 0.533. The maximum atomic E-state index is 10.9. The molecule has 2 heteroatoms. The Bertz CT molecular complexity index is 365. The van der Waals surface area contributed by atoms with E-state index in [1.165, 1.54) is 25.3 Å². The molecule has 1 saturated carbocycles. The van der Waals surface area contributed by atoms with Crippen LogP contribution in [0.15, 0.2) is 24.3 Å². The van der Waals surface area contributed by atoms with Gasteiger partial charge in [0, 0.05) is 6.92 Å². The van der Waals surface area contributed by atoms with E-state index in [-0.39, 0.29) is 12.1 Å². The third-order valence-electron chi connectivity index (χ3n) is 4.43. The van der Waals surface area contributed by atoms with Crippen molar-refractivity contribution in [1.82, 2.24) is 0 Å². The normalized spacial score (nSPS) is 23.8. The van der Waals surface area contributed by atoms with E-state index in [9.17, 15) is 4.79 Å². The average Bonchev–Trinajstić information content (AvgIpc) is 2.26. The molecule has 0 radical (unpaired) electrons. The van der Waals surface area contributed by atoms with Crippen LogP contribution in [0.5, 0.6) is 0 Å². The Morgan fingerprint density at radius 2 is 2.16 bits per heavy atom. The van der Waals surface area contributed by atoms with Crippen LogP contribution in [0.3, 0.4) is 0 Å². The Morgan fingerprint density at radius 3 is 2.68 bits per heavy atom. The van der Waals surface area contributed by atoms with Crippen LogP contribution in [0.4, 0.5) is 0 Å². The fourth-order valence-corrected chi connectivity index (χ4v) is 3.13. The van der Waals surface area contributed by atoms with Crippen molar-refractivity contribution in [2.75, 3.05) is 0 Å². The lowest BCUT2D eigenvalue weighted by Gasteiger charge is -2.40. The standard InChI is InChI=1S/C17H28O2/c1-12(14(3)19-15(4)18)9-10-16-13(2)8-7-11-17(16,5)6/h14,16H,1-2,7-11H2,3-6H3. The zero-order valence-corrected chi connectivity index (χ0v) is 12.9. The molecule has 0 heterocycles. The summed E-state index contributed by atoms with van der Waals surface area (Å²) in [5.41, 5.74) is 2.72. The highest BCUT2D eigenvalue weighted by atomic mass is 16.5. The minimum atomic E-state index is -0.240. The molecule has 19 heavy (non-hydrogen) atoms. The van der Waals surface area contributed by atoms with Crippen LogP contribution in [0.25, 0.3) is 0 Å². The van der Waals surface area contributed by atoms with E-state index < -0.39 is 0 Å². The molecule has 0 spiro atoms. The molecular formula is C17H28O2. The van der Waals surface area contributed by atoms with E-state index in [4.69, 9.17) is 4.74 Å². The van der Waals surface area contributed by atoms with Crippen LogP contribution in [0, 0.1) is 11.3 Å². The number of carbonyl (C=O) groups is 1. The van der Waals surface area contributed by atoms with Crippen molar-refractivity contribution in [2.45, 2.75) is 65.9 Å². The lowest BCUT2D eigenvalue weighted by molar-refractivity contribution is -0.143. The molecule has 0 aromatic rings. The molecule has 2 unspecified atom stereocenters. The lowest BCUT2D eigenvalue weighted by atomic mass is 9.65. The van der Waals surface area contributed by atoms with E-state index in [1.54, 1.807) is 0 Å². The maximum absolute atomic E-state index is 10.9. The maximum Gasteiger partial charge on any atom is 0.303 e. The van der Waals surface area contributed by atoms with Gasteiger partial charge in [0.1, 0.15) is 6.10 Å². The number of allylic oxidation sites excluding steroid dienone is 1. The first-order valence-electron chi connectivity index (χ1n) is 7.26. The first-order valence-corrected chi connectivity index (χ1v) is 7.26. The van der Waals surface area contributed by atoms with E-state index in [2.05, 4.69) is 27.0 Å². The van der Waals surface area contributed by atoms with Crippen LogP contribution in [0.1, 0.15) is 59.8 Å². The summed E-state index contributed by atoms with van der Waals surface area (Å²) < 4.78 is 5.17.